The fourth-order valence-electron chi connectivity index (χ4n) is 2.47. The number of ether oxygens (including phenoxy) is 1. The first kappa shape index (κ1) is 15.9. The molecule has 23 heavy (non-hydrogen) atoms. The van der Waals surface area contributed by atoms with Crippen molar-refractivity contribution >= 4 is 23.2 Å². The van der Waals surface area contributed by atoms with E-state index in [1.165, 1.54) is 24.3 Å². The van der Waals surface area contributed by atoms with Gasteiger partial charge in [-0.1, -0.05) is 11.6 Å². The number of halogens is 4. The monoisotopic (exact) mass is 343 g/mol. The van der Waals surface area contributed by atoms with Crippen LogP contribution in [0.3, 0.4) is 0 Å². The minimum atomic E-state index is -4.70. The van der Waals surface area contributed by atoms with Gasteiger partial charge in [-0.25, -0.2) is 9.97 Å². The molecule has 122 valence electrons. The molecule has 1 aromatic heterocycles. The molecule has 1 aliphatic rings. The molecule has 1 aromatic carbocycles. The summed E-state index contributed by atoms with van der Waals surface area (Å²) in [4.78, 5) is 8.63. The zero-order chi connectivity index (χ0) is 16.4. The second kappa shape index (κ2) is 6.23. The summed E-state index contributed by atoms with van der Waals surface area (Å²) in [7, 11) is 0. The van der Waals surface area contributed by atoms with E-state index in [0.717, 1.165) is 36.9 Å². The molecule has 8 heteroatoms. The summed E-state index contributed by atoms with van der Waals surface area (Å²) in [5.74, 6) is 0.0487. The van der Waals surface area contributed by atoms with Crippen molar-refractivity contribution in [2.75, 3.05) is 5.32 Å². The number of nitrogens with one attached hydrogen (secondary N) is 1. The van der Waals surface area contributed by atoms with Crippen molar-refractivity contribution in [1.29, 1.82) is 0 Å². The quantitative estimate of drug-likeness (QED) is 0.824. The molecule has 0 radical (unpaired) electrons. The summed E-state index contributed by atoms with van der Waals surface area (Å²) in [6, 6.07) is 5.35. The van der Waals surface area contributed by atoms with E-state index >= 15 is 0 Å². The molecule has 0 fully saturated rings. The van der Waals surface area contributed by atoms with Gasteiger partial charge in [0.2, 0.25) is 5.95 Å². The summed E-state index contributed by atoms with van der Waals surface area (Å²) in [5.41, 5.74) is 2.46. The smallest absolute Gasteiger partial charge is 0.406 e. The zero-order valence-corrected chi connectivity index (χ0v) is 12.7. The Kier molecular flexibility index (Phi) is 4.30. The predicted octanol–water partition coefficient (Wildman–Crippen LogP) is 4.65. The van der Waals surface area contributed by atoms with Gasteiger partial charge in [-0.05, 0) is 49.9 Å². The number of hydrogen-bond donors (Lipinski definition) is 1. The molecule has 0 atom stereocenters. The number of rotatable bonds is 3. The number of hydrogen-bond acceptors (Lipinski definition) is 4. The third-order valence-electron chi connectivity index (χ3n) is 3.48. The van der Waals surface area contributed by atoms with Crippen molar-refractivity contribution in [2.24, 2.45) is 0 Å². The Bertz CT molecular complexity index is 704. The van der Waals surface area contributed by atoms with E-state index in [0.29, 0.717) is 16.8 Å². The van der Waals surface area contributed by atoms with Gasteiger partial charge in [0, 0.05) is 11.3 Å². The molecule has 1 N–H and O–H groups in total. The van der Waals surface area contributed by atoms with E-state index in [1.54, 1.807) is 0 Å². The van der Waals surface area contributed by atoms with Gasteiger partial charge in [-0.2, -0.15) is 0 Å². The normalized spacial score (nSPS) is 14.3. The maximum Gasteiger partial charge on any atom is 0.573 e. The van der Waals surface area contributed by atoms with Crippen LogP contribution >= 0.6 is 11.6 Å². The van der Waals surface area contributed by atoms with Crippen LogP contribution in [-0.2, 0) is 12.8 Å². The van der Waals surface area contributed by atoms with E-state index in [4.69, 9.17) is 11.6 Å². The van der Waals surface area contributed by atoms with Gasteiger partial charge in [0.1, 0.15) is 10.9 Å². The average Bonchev–Trinajstić information content (AvgIpc) is 2.48. The summed E-state index contributed by atoms with van der Waals surface area (Å²) >= 11 is 6.18. The van der Waals surface area contributed by atoms with E-state index in [1.807, 2.05) is 0 Å². The zero-order valence-electron chi connectivity index (χ0n) is 12.0. The molecule has 0 bridgehead atoms. The largest absolute Gasteiger partial charge is 0.573 e. The molecule has 0 saturated heterocycles. The third-order valence-corrected chi connectivity index (χ3v) is 3.79. The van der Waals surface area contributed by atoms with E-state index < -0.39 is 6.36 Å². The Balaban J connectivity index is 1.76. The van der Waals surface area contributed by atoms with Gasteiger partial charge in [-0.15, -0.1) is 13.2 Å². The van der Waals surface area contributed by atoms with Gasteiger partial charge in [0.25, 0.3) is 0 Å². The molecule has 0 unspecified atom stereocenters. The first-order chi connectivity index (χ1) is 10.9. The Labute approximate surface area is 135 Å². The Hall–Kier alpha value is -2.02. The highest BCUT2D eigenvalue weighted by Gasteiger charge is 2.30. The Morgan fingerprint density at radius 2 is 1.74 bits per heavy atom. The van der Waals surface area contributed by atoms with Crippen molar-refractivity contribution in [3.63, 3.8) is 0 Å². The minimum absolute atomic E-state index is 0.285. The third kappa shape index (κ3) is 4.04. The average molecular weight is 344 g/mol. The molecular formula is C15H13ClF3N3O. The van der Waals surface area contributed by atoms with Crippen LogP contribution in [0.5, 0.6) is 5.75 Å². The van der Waals surface area contributed by atoms with Crippen LogP contribution < -0.4 is 10.1 Å². The lowest BCUT2D eigenvalue weighted by Gasteiger charge is -2.17. The molecule has 0 amide bonds. The highest BCUT2D eigenvalue weighted by Crippen LogP contribution is 2.28. The van der Waals surface area contributed by atoms with E-state index in [2.05, 4.69) is 20.0 Å². The minimum Gasteiger partial charge on any atom is -0.406 e. The summed E-state index contributed by atoms with van der Waals surface area (Å²) in [5, 5.41) is 3.37. The van der Waals surface area contributed by atoms with Gasteiger partial charge < -0.3 is 10.1 Å². The van der Waals surface area contributed by atoms with Crippen LogP contribution in [0.1, 0.15) is 24.1 Å². The van der Waals surface area contributed by atoms with Crippen molar-refractivity contribution in [3.8, 4) is 5.75 Å². The summed E-state index contributed by atoms with van der Waals surface area (Å²) in [6.45, 7) is 0. The molecule has 2 aromatic rings. The maximum absolute atomic E-state index is 12.1. The molecule has 1 heterocycles. The SMILES string of the molecule is FC(F)(F)Oc1ccc(Nc2nc(Cl)c3c(n2)CCCC3)cc1. The van der Waals surface area contributed by atoms with Crippen LogP contribution in [0.15, 0.2) is 24.3 Å². The molecule has 0 saturated carbocycles. The van der Waals surface area contributed by atoms with Crippen LogP contribution in [-0.4, -0.2) is 16.3 Å². The fourth-order valence-corrected chi connectivity index (χ4v) is 2.76. The molecule has 0 spiro atoms. The molecule has 1 aliphatic carbocycles. The Morgan fingerprint density at radius 1 is 1.04 bits per heavy atom. The molecule has 0 aliphatic heterocycles. The highest BCUT2D eigenvalue weighted by atomic mass is 35.5. The highest BCUT2D eigenvalue weighted by molar-refractivity contribution is 6.30. The van der Waals surface area contributed by atoms with Gasteiger partial charge >= 0.3 is 6.36 Å². The topological polar surface area (TPSA) is 47.0 Å². The number of benzene rings is 1. The lowest BCUT2D eigenvalue weighted by atomic mass is 9.97. The van der Waals surface area contributed by atoms with E-state index in [-0.39, 0.29) is 5.75 Å². The van der Waals surface area contributed by atoms with Gasteiger partial charge in [0.05, 0.1) is 5.69 Å². The van der Waals surface area contributed by atoms with Gasteiger partial charge in [0.15, 0.2) is 0 Å². The lowest BCUT2D eigenvalue weighted by Crippen LogP contribution is -2.17. The van der Waals surface area contributed by atoms with Crippen molar-refractivity contribution in [3.05, 3.63) is 40.7 Å². The lowest BCUT2D eigenvalue weighted by molar-refractivity contribution is -0.274. The molecule has 3 rings (SSSR count). The van der Waals surface area contributed by atoms with Crippen LogP contribution in [0.2, 0.25) is 5.15 Å². The number of aromatic nitrogens is 2. The summed E-state index contributed by atoms with van der Waals surface area (Å²) < 4.78 is 40.2. The summed E-state index contributed by atoms with van der Waals surface area (Å²) in [6.07, 6.45) is -0.848. The second-order valence-corrected chi connectivity index (χ2v) is 5.53. The van der Waals surface area contributed by atoms with Crippen molar-refractivity contribution < 1.29 is 17.9 Å². The Morgan fingerprint density at radius 3 is 2.43 bits per heavy atom. The first-order valence-electron chi connectivity index (χ1n) is 7.09. The molecular weight excluding hydrogens is 331 g/mol. The number of anilines is 2. The van der Waals surface area contributed by atoms with Crippen LogP contribution in [0, 0.1) is 0 Å². The second-order valence-electron chi connectivity index (χ2n) is 5.17. The van der Waals surface area contributed by atoms with Crippen LogP contribution in [0.4, 0.5) is 24.8 Å². The maximum atomic E-state index is 12.1. The van der Waals surface area contributed by atoms with E-state index in [9.17, 15) is 13.2 Å². The number of aryl methyl sites for hydroxylation is 1. The van der Waals surface area contributed by atoms with Crippen LogP contribution in [0.25, 0.3) is 0 Å². The first-order valence-corrected chi connectivity index (χ1v) is 7.47. The standard InChI is InChI=1S/C15H13ClF3N3O/c16-13-11-3-1-2-4-12(11)21-14(22-13)20-9-5-7-10(8-6-9)23-15(17,18)19/h5-8H,1-4H2,(H,20,21,22). The van der Waals surface area contributed by atoms with Crippen molar-refractivity contribution in [2.45, 2.75) is 32.0 Å². The number of fused-ring (bicyclic) bond motifs is 1. The number of nitrogens with zero attached hydrogens (tertiary/aromatic N) is 2. The number of alkyl halides is 3. The predicted molar refractivity (Wildman–Crippen MR) is 80.1 cm³/mol. The van der Waals surface area contributed by atoms with Gasteiger partial charge in [-0.3, -0.25) is 0 Å². The fraction of sp³-hybridized carbons (Fsp3) is 0.333. The molecule has 4 nitrogen and oxygen atoms in total. The van der Waals surface area contributed by atoms with Crippen molar-refractivity contribution in [1.82, 2.24) is 9.97 Å².